The van der Waals surface area contributed by atoms with Gasteiger partial charge < -0.3 is 19.0 Å². The molecule has 0 spiro atoms. The van der Waals surface area contributed by atoms with Crippen molar-refractivity contribution in [2.75, 3.05) is 19.6 Å². The van der Waals surface area contributed by atoms with Gasteiger partial charge in [0.25, 0.3) is 11.6 Å². The molecule has 2 heterocycles. The first kappa shape index (κ1) is 22.6. The minimum Gasteiger partial charge on any atom is -0.451 e. The molecule has 1 saturated heterocycles. The van der Waals surface area contributed by atoms with Gasteiger partial charge in [-0.2, -0.15) is 0 Å². The number of piperazine rings is 1. The van der Waals surface area contributed by atoms with Crippen LogP contribution in [-0.4, -0.2) is 58.0 Å². The summed E-state index contributed by atoms with van der Waals surface area (Å²) < 4.78 is 11.1. The Bertz CT molecular complexity index is 1010. The number of carbonyl (C=O) groups excluding carboxylic acids is 2. The first-order valence-corrected chi connectivity index (χ1v) is 10.2. The Kier molecular flexibility index (Phi) is 6.26. The fourth-order valence-corrected chi connectivity index (χ4v) is 3.57. The number of hydrogen-bond acceptors (Lipinski definition) is 6. The number of ether oxygens (including phenoxy) is 1. The Hall–Kier alpha value is -3.07. The normalized spacial score (nSPS) is 16.9. The number of nitrogens with zero attached hydrogens (tertiary/aromatic N) is 3. The molecule has 0 unspecified atom stereocenters. The van der Waals surface area contributed by atoms with E-state index in [0.717, 1.165) is 0 Å². The number of benzene rings is 1. The third-order valence-corrected chi connectivity index (χ3v) is 5.10. The number of rotatable bonds is 3. The van der Waals surface area contributed by atoms with Crippen LogP contribution in [0.25, 0.3) is 11.3 Å². The Morgan fingerprint density at radius 1 is 1.23 bits per heavy atom. The zero-order valence-electron chi connectivity index (χ0n) is 17.8. The number of nitro benzene ring substituents is 1. The first-order chi connectivity index (χ1) is 14.5. The standard InChI is InChI=1S/C21H24ClN3O6/c1-13-12-23(9-10-24(13)20(27)31-21(2,3)4)19(26)18-8-7-17(30-18)15-6-5-14(25(28)29)11-16(15)22/h5-8,11,13H,9-10,12H2,1-4H3/t13-/m0/s1. The highest BCUT2D eigenvalue weighted by Crippen LogP contribution is 2.32. The monoisotopic (exact) mass is 449 g/mol. The average molecular weight is 450 g/mol. The van der Waals surface area contributed by atoms with Crippen LogP contribution < -0.4 is 0 Å². The summed E-state index contributed by atoms with van der Waals surface area (Å²) in [5, 5.41) is 11.0. The van der Waals surface area contributed by atoms with Crippen LogP contribution in [0.15, 0.2) is 34.7 Å². The van der Waals surface area contributed by atoms with Crippen LogP contribution in [0.1, 0.15) is 38.2 Å². The van der Waals surface area contributed by atoms with Crippen LogP contribution in [0, 0.1) is 10.1 Å². The van der Waals surface area contributed by atoms with E-state index in [9.17, 15) is 19.7 Å². The van der Waals surface area contributed by atoms with E-state index in [1.807, 2.05) is 6.92 Å². The van der Waals surface area contributed by atoms with E-state index in [0.29, 0.717) is 31.0 Å². The lowest BCUT2D eigenvalue weighted by Crippen LogP contribution is -2.56. The third kappa shape index (κ3) is 5.16. The third-order valence-electron chi connectivity index (χ3n) is 4.79. The van der Waals surface area contributed by atoms with Crippen molar-refractivity contribution in [3.63, 3.8) is 0 Å². The lowest BCUT2D eigenvalue weighted by atomic mass is 10.1. The van der Waals surface area contributed by atoms with Crippen molar-refractivity contribution in [3.8, 4) is 11.3 Å². The molecule has 1 atom stereocenters. The molecule has 1 aromatic heterocycles. The highest BCUT2D eigenvalue weighted by molar-refractivity contribution is 6.33. The van der Waals surface area contributed by atoms with E-state index < -0.39 is 16.6 Å². The summed E-state index contributed by atoms with van der Waals surface area (Å²) in [6.07, 6.45) is -0.403. The molecule has 166 valence electrons. The Morgan fingerprint density at radius 3 is 2.52 bits per heavy atom. The second-order valence-electron chi connectivity index (χ2n) is 8.36. The summed E-state index contributed by atoms with van der Waals surface area (Å²) in [4.78, 5) is 38.8. The SMILES string of the molecule is C[C@H]1CN(C(=O)c2ccc(-c3ccc([N+](=O)[O-])cc3Cl)o2)CCN1C(=O)OC(C)(C)C. The summed E-state index contributed by atoms with van der Waals surface area (Å²) in [6.45, 7) is 8.31. The second kappa shape index (κ2) is 8.58. The predicted octanol–water partition coefficient (Wildman–Crippen LogP) is 4.59. The molecule has 1 aliphatic heterocycles. The molecule has 1 aromatic carbocycles. The van der Waals surface area contributed by atoms with E-state index in [1.165, 1.54) is 18.2 Å². The molecule has 9 nitrogen and oxygen atoms in total. The smallest absolute Gasteiger partial charge is 0.410 e. The fraction of sp³-hybridized carbons (Fsp3) is 0.429. The second-order valence-corrected chi connectivity index (χ2v) is 8.77. The van der Waals surface area contributed by atoms with Crippen LogP contribution in [0.3, 0.4) is 0 Å². The molecule has 1 aliphatic rings. The number of furan rings is 1. The summed E-state index contributed by atoms with van der Waals surface area (Å²) >= 11 is 6.15. The Morgan fingerprint density at radius 2 is 1.94 bits per heavy atom. The maximum absolute atomic E-state index is 12.9. The molecule has 31 heavy (non-hydrogen) atoms. The molecule has 2 amide bonds. The Balaban J connectivity index is 1.69. The van der Waals surface area contributed by atoms with Gasteiger partial charge in [0.05, 0.1) is 9.95 Å². The van der Waals surface area contributed by atoms with Crippen LogP contribution in [-0.2, 0) is 4.74 Å². The van der Waals surface area contributed by atoms with Gasteiger partial charge in [-0.15, -0.1) is 0 Å². The van der Waals surface area contributed by atoms with Crippen LogP contribution in [0.2, 0.25) is 5.02 Å². The molecule has 0 bridgehead atoms. The minimum absolute atomic E-state index is 0.127. The zero-order valence-corrected chi connectivity index (χ0v) is 18.5. The van der Waals surface area contributed by atoms with E-state index in [-0.39, 0.29) is 28.4 Å². The maximum Gasteiger partial charge on any atom is 0.410 e. The van der Waals surface area contributed by atoms with Crippen molar-refractivity contribution in [2.45, 2.75) is 39.3 Å². The fourth-order valence-electron chi connectivity index (χ4n) is 3.30. The topological polar surface area (TPSA) is 106 Å². The van der Waals surface area contributed by atoms with E-state index in [2.05, 4.69) is 0 Å². The average Bonchev–Trinajstić information content (AvgIpc) is 3.15. The number of hydrogen-bond donors (Lipinski definition) is 0. The van der Waals surface area contributed by atoms with E-state index in [4.69, 9.17) is 20.8 Å². The van der Waals surface area contributed by atoms with Crippen LogP contribution in [0.4, 0.5) is 10.5 Å². The molecule has 10 heteroatoms. The van der Waals surface area contributed by atoms with Crippen LogP contribution in [0.5, 0.6) is 0 Å². The summed E-state index contributed by atoms with van der Waals surface area (Å²) in [6, 6.07) is 6.96. The van der Waals surface area contributed by atoms with Crippen molar-refractivity contribution in [2.24, 2.45) is 0 Å². The molecule has 2 aromatic rings. The highest BCUT2D eigenvalue weighted by Gasteiger charge is 2.33. The minimum atomic E-state index is -0.590. The van der Waals surface area contributed by atoms with Gasteiger partial charge in [0.2, 0.25) is 0 Å². The van der Waals surface area contributed by atoms with Crippen molar-refractivity contribution in [1.29, 1.82) is 0 Å². The number of non-ortho nitro benzene ring substituents is 1. The van der Waals surface area contributed by atoms with Gasteiger partial charge in [0.1, 0.15) is 11.4 Å². The summed E-state index contributed by atoms with van der Waals surface area (Å²) in [7, 11) is 0. The van der Waals surface area contributed by atoms with E-state index in [1.54, 1.807) is 42.7 Å². The summed E-state index contributed by atoms with van der Waals surface area (Å²) in [5.74, 6) is 0.158. The lowest BCUT2D eigenvalue weighted by molar-refractivity contribution is -0.384. The van der Waals surface area contributed by atoms with Crippen molar-refractivity contribution in [3.05, 3.63) is 51.2 Å². The Labute approximate surface area is 184 Å². The van der Waals surface area contributed by atoms with Gasteiger partial charge in [-0.1, -0.05) is 11.6 Å². The van der Waals surface area contributed by atoms with E-state index >= 15 is 0 Å². The lowest BCUT2D eigenvalue weighted by Gasteiger charge is -2.39. The maximum atomic E-state index is 12.9. The molecule has 1 fully saturated rings. The molecular weight excluding hydrogens is 426 g/mol. The van der Waals surface area contributed by atoms with Crippen molar-refractivity contribution >= 4 is 29.3 Å². The molecule has 0 saturated carbocycles. The molecule has 0 aliphatic carbocycles. The van der Waals surface area contributed by atoms with Gasteiger partial charge in [-0.25, -0.2) is 4.79 Å². The quantitative estimate of drug-likeness (QED) is 0.501. The number of amides is 2. The van der Waals surface area contributed by atoms with Gasteiger partial charge in [0.15, 0.2) is 5.76 Å². The number of halogens is 1. The van der Waals surface area contributed by atoms with Gasteiger partial charge in [-0.05, 0) is 45.9 Å². The van der Waals surface area contributed by atoms with Gasteiger partial charge >= 0.3 is 6.09 Å². The summed E-state index contributed by atoms with van der Waals surface area (Å²) in [5.41, 5.74) is -0.268. The van der Waals surface area contributed by atoms with Gasteiger partial charge in [-0.3, -0.25) is 14.9 Å². The number of carbonyl (C=O) groups is 2. The first-order valence-electron chi connectivity index (χ1n) is 9.79. The molecule has 3 rings (SSSR count). The molecular formula is C21H24ClN3O6. The van der Waals surface area contributed by atoms with Crippen LogP contribution >= 0.6 is 11.6 Å². The zero-order chi connectivity index (χ0) is 22.9. The highest BCUT2D eigenvalue weighted by atomic mass is 35.5. The molecule has 0 radical (unpaired) electrons. The van der Waals surface area contributed by atoms with Crippen molar-refractivity contribution < 1.29 is 23.7 Å². The number of nitro groups is 1. The largest absolute Gasteiger partial charge is 0.451 e. The van der Waals surface area contributed by atoms with Gasteiger partial charge in [0, 0.05) is 43.4 Å². The predicted molar refractivity (Wildman–Crippen MR) is 114 cm³/mol. The molecule has 0 N–H and O–H groups in total. The van der Waals surface area contributed by atoms with Crippen molar-refractivity contribution in [1.82, 2.24) is 9.80 Å².